The standard InChI is InChI=1S/C10H17F3O2S/c1-7(2)9(3,8(14)15)16-6-4-5-10(11,12)13/h7H,4-6H2,1-3H3,(H,14,15). The van der Waals surface area contributed by atoms with Crippen molar-refractivity contribution in [2.75, 3.05) is 5.75 Å². The summed E-state index contributed by atoms with van der Waals surface area (Å²) >= 11 is 1.08. The minimum Gasteiger partial charge on any atom is -0.480 e. The Labute approximate surface area is 97.6 Å². The van der Waals surface area contributed by atoms with E-state index in [1.807, 2.05) is 0 Å². The van der Waals surface area contributed by atoms with E-state index in [0.29, 0.717) is 0 Å². The third-order valence-electron chi connectivity index (χ3n) is 2.53. The van der Waals surface area contributed by atoms with Gasteiger partial charge in [0.25, 0.3) is 0 Å². The van der Waals surface area contributed by atoms with Crippen molar-refractivity contribution in [3.8, 4) is 0 Å². The number of thioether (sulfide) groups is 1. The van der Waals surface area contributed by atoms with Crippen LogP contribution in [0.2, 0.25) is 0 Å². The van der Waals surface area contributed by atoms with Crippen molar-refractivity contribution in [3.05, 3.63) is 0 Å². The highest BCUT2D eigenvalue weighted by Crippen LogP contribution is 2.34. The first-order chi connectivity index (χ1) is 7.09. The Hall–Kier alpha value is -0.390. The maximum Gasteiger partial charge on any atom is 0.389 e. The topological polar surface area (TPSA) is 37.3 Å². The van der Waals surface area contributed by atoms with E-state index in [-0.39, 0.29) is 18.1 Å². The van der Waals surface area contributed by atoms with Gasteiger partial charge in [-0.2, -0.15) is 13.2 Å². The van der Waals surface area contributed by atoms with Crippen LogP contribution in [0.5, 0.6) is 0 Å². The van der Waals surface area contributed by atoms with Crippen molar-refractivity contribution in [2.24, 2.45) is 5.92 Å². The Bertz CT molecular complexity index is 241. The molecule has 0 saturated carbocycles. The molecule has 0 amide bonds. The number of hydrogen-bond acceptors (Lipinski definition) is 2. The van der Waals surface area contributed by atoms with Crippen molar-refractivity contribution in [2.45, 2.75) is 44.5 Å². The minimum absolute atomic E-state index is 0.0379. The lowest BCUT2D eigenvalue weighted by Crippen LogP contribution is -2.37. The third kappa shape index (κ3) is 5.09. The summed E-state index contributed by atoms with van der Waals surface area (Å²) in [5, 5.41) is 9.02. The Morgan fingerprint density at radius 1 is 1.38 bits per heavy atom. The fraction of sp³-hybridized carbons (Fsp3) is 0.900. The molecule has 0 bridgehead atoms. The van der Waals surface area contributed by atoms with Gasteiger partial charge in [-0.15, -0.1) is 11.8 Å². The first-order valence-electron chi connectivity index (χ1n) is 5.03. The van der Waals surface area contributed by atoms with Crippen LogP contribution in [0.25, 0.3) is 0 Å². The summed E-state index contributed by atoms with van der Waals surface area (Å²) in [5.41, 5.74) is 0. The largest absolute Gasteiger partial charge is 0.480 e. The van der Waals surface area contributed by atoms with Crippen LogP contribution in [0.15, 0.2) is 0 Å². The second-order valence-corrected chi connectivity index (χ2v) is 5.68. The van der Waals surface area contributed by atoms with Gasteiger partial charge >= 0.3 is 12.1 Å². The predicted molar refractivity (Wildman–Crippen MR) is 58.6 cm³/mol. The molecule has 0 aliphatic heterocycles. The summed E-state index contributed by atoms with van der Waals surface area (Å²) in [6.45, 7) is 5.06. The number of carboxylic acids is 1. The van der Waals surface area contributed by atoms with Gasteiger partial charge in [0.2, 0.25) is 0 Å². The molecule has 0 aromatic carbocycles. The van der Waals surface area contributed by atoms with E-state index in [4.69, 9.17) is 5.11 Å². The Kier molecular flexibility index (Phi) is 5.65. The molecule has 96 valence electrons. The second-order valence-electron chi connectivity index (χ2n) is 4.13. The summed E-state index contributed by atoms with van der Waals surface area (Å²) in [7, 11) is 0. The zero-order valence-corrected chi connectivity index (χ0v) is 10.4. The van der Waals surface area contributed by atoms with Gasteiger partial charge in [-0.25, -0.2) is 0 Å². The molecule has 0 fully saturated rings. The fourth-order valence-corrected chi connectivity index (χ4v) is 2.20. The van der Waals surface area contributed by atoms with Gasteiger partial charge in [-0.05, 0) is 25.0 Å². The molecular formula is C10H17F3O2S. The third-order valence-corrected chi connectivity index (χ3v) is 4.27. The van der Waals surface area contributed by atoms with Crippen LogP contribution in [0.3, 0.4) is 0 Å². The number of hydrogen-bond donors (Lipinski definition) is 1. The van der Waals surface area contributed by atoms with E-state index in [1.165, 1.54) is 0 Å². The number of rotatable bonds is 6. The highest BCUT2D eigenvalue weighted by molar-refractivity contribution is 8.01. The summed E-state index contributed by atoms with van der Waals surface area (Å²) in [5.74, 6) is -0.888. The molecule has 1 unspecified atom stereocenters. The molecule has 1 atom stereocenters. The van der Waals surface area contributed by atoms with Gasteiger partial charge in [0, 0.05) is 6.42 Å². The molecule has 0 aliphatic carbocycles. The molecule has 2 nitrogen and oxygen atoms in total. The number of alkyl halides is 3. The predicted octanol–water partition coefficient (Wildman–Crippen LogP) is 3.56. The molecule has 1 N–H and O–H groups in total. The highest BCUT2D eigenvalue weighted by atomic mass is 32.2. The molecule has 0 aromatic heterocycles. The average molecular weight is 258 g/mol. The minimum atomic E-state index is -4.15. The Morgan fingerprint density at radius 3 is 2.19 bits per heavy atom. The molecule has 0 aliphatic rings. The number of halogens is 3. The van der Waals surface area contributed by atoms with Crippen molar-refractivity contribution >= 4 is 17.7 Å². The molecule has 0 aromatic rings. The van der Waals surface area contributed by atoms with Gasteiger partial charge in [0.05, 0.1) is 0 Å². The lowest BCUT2D eigenvalue weighted by molar-refractivity contribution is -0.140. The van der Waals surface area contributed by atoms with Gasteiger partial charge in [-0.1, -0.05) is 13.8 Å². The number of aliphatic carboxylic acids is 1. The molecule has 0 heterocycles. The molecule has 16 heavy (non-hydrogen) atoms. The van der Waals surface area contributed by atoms with Crippen LogP contribution in [-0.4, -0.2) is 27.8 Å². The van der Waals surface area contributed by atoms with E-state index in [9.17, 15) is 18.0 Å². The van der Waals surface area contributed by atoms with Crippen LogP contribution in [0.1, 0.15) is 33.6 Å². The molecule has 0 spiro atoms. The van der Waals surface area contributed by atoms with Crippen molar-refractivity contribution in [1.29, 1.82) is 0 Å². The number of carbonyl (C=O) groups is 1. The van der Waals surface area contributed by atoms with Gasteiger partial charge in [0.1, 0.15) is 4.75 Å². The SMILES string of the molecule is CC(C)C(C)(SCCCC(F)(F)F)C(=O)O. The Balaban J connectivity index is 4.11. The highest BCUT2D eigenvalue weighted by Gasteiger charge is 2.37. The fourth-order valence-electron chi connectivity index (χ4n) is 1.03. The van der Waals surface area contributed by atoms with Gasteiger partial charge in [0.15, 0.2) is 0 Å². The molecule has 0 rings (SSSR count). The summed E-state index contributed by atoms with van der Waals surface area (Å²) < 4.78 is 34.6. The second kappa shape index (κ2) is 5.80. The van der Waals surface area contributed by atoms with E-state index in [0.717, 1.165) is 11.8 Å². The summed E-state index contributed by atoms with van der Waals surface area (Å²) in [4.78, 5) is 11.0. The smallest absolute Gasteiger partial charge is 0.389 e. The van der Waals surface area contributed by atoms with E-state index in [2.05, 4.69) is 0 Å². The number of carboxylic acid groups (broad SMARTS) is 1. The van der Waals surface area contributed by atoms with Crippen LogP contribution in [-0.2, 0) is 4.79 Å². The van der Waals surface area contributed by atoms with Gasteiger partial charge in [-0.3, -0.25) is 4.79 Å². The van der Waals surface area contributed by atoms with Crippen LogP contribution in [0.4, 0.5) is 13.2 Å². The van der Waals surface area contributed by atoms with Crippen LogP contribution in [0, 0.1) is 5.92 Å². The first-order valence-corrected chi connectivity index (χ1v) is 6.02. The lowest BCUT2D eigenvalue weighted by Gasteiger charge is -2.28. The molecular weight excluding hydrogens is 241 g/mol. The maximum atomic E-state index is 11.9. The average Bonchev–Trinajstić information content (AvgIpc) is 2.09. The van der Waals surface area contributed by atoms with Crippen LogP contribution < -0.4 is 0 Å². The van der Waals surface area contributed by atoms with E-state index >= 15 is 0 Å². The molecule has 0 saturated heterocycles. The first kappa shape index (κ1) is 15.6. The normalized spacial score (nSPS) is 16.2. The summed E-state index contributed by atoms with van der Waals surface area (Å²) in [6, 6.07) is 0. The zero-order valence-electron chi connectivity index (χ0n) is 9.60. The maximum absolute atomic E-state index is 11.9. The van der Waals surface area contributed by atoms with Crippen LogP contribution >= 0.6 is 11.8 Å². The zero-order chi connectivity index (χ0) is 13.0. The van der Waals surface area contributed by atoms with Crippen molar-refractivity contribution < 1.29 is 23.1 Å². The Morgan fingerprint density at radius 2 is 1.88 bits per heavy atom. The van der Waals surface area contributed by atoms with E-state index in [1.54, 1.807) is 20.8 Å². The monoisotopic (exact) mass is 258 g/mol. The van der Waals surface area contributed by atoms with Crippen molar-refractivity contribution in [3.63, 3.8) is 0 Å². The van der Waals surface area contributed by atoms with E-state index < -0.39 is 23.3 Å². The van der Waals surface area contributed by atoms with Gasteiger partial charge < -0.3 is 5.11 Å². The van der Waals surface area contributed by atoms with Crippen molar-refractivity contribution in [1.82, 2.24) is 0 Å². The molecule has 0 radical (unpaired) electrons. The quantitative estimate of drug-likeness (QED) is 0.740. The lowest BCUT2D eigenvalue weighted by atomic mass is 9.97. The molecule has 6 heteroatoms. The summed E-state index contributed by atoms with van der Waals surface area (Å²) in [6.07, 6.45) is -5.05.